The molecule has 1 atom stereocenters. The fourth-order valence-electron chi connectivity index (χ4n) is 2.41. The molecule has 2 bridgehead atoms. The van der Waals surface area contributed by atoms with E-state index in [-0.39, 0.29) is 12.5 Å². The zero-order valence-corrected chi connectivity index (χ0v) is 8.96. The van der Waals surface area contributed by atoms with Gasteiger partial charge in [0.2, 0.25) is 5.89 Å². The highest BCUT2D eigenvalue weighted by Gasteiger charge is 2.35. The van der Waals surface area contributed by atoms with Crippen molar-refractivity contribution in [1.82, 2.24) is 19.9 Å². The van der Waals surface area contributed by atoms with Gasteiger partial charge in [0.15, 0.2) is 5.82 Å². The highest BCUT2D eigenvalue weighted by atomic mass is 16.5. The molecule has 1 aromatic heterocycles. The van der Waals surface area contributed by atoms with Crippen molar-refractivity contribution in [1.29, 1.82) is 5.26 Å². The standard InChI is InChI=1S/C10H13N5O/c11-2-1-9-12-10(13-16-9)8-7-14-3-5-15(8)6-4-14/h8H,1,3-7H2. The Labute approximate surface area is 93.4 Å². The summed E-state index contributed by atoms with van der Waals surface area (Å²) < 4.78 is 5.04. The Morgan fingerprint density at radius 2 is 2.19 bits per heavy atom. The van der Waals surface area contributed by atoms with Gasteiger partial charge in [0, 0.05) is 32.7 Å². The summed E-state index contributed by atoms with van der Waals surface area (Å²) in [5, 5.41) is 12.5. The van der Waals surface area contributed by atoms with E-state index >= 15 is 0 Å². The molecule has 0 aromatic carbocycles. The van der Waals surface area contributed by atoms with Crippen LogP contribution in [-0.2, 0) is 6.42 Å². The summed E-state index contributed by atoms with van der Waals surface area (Å²) in [6.07, 6.45) is 0.198. The Hall–Kier alpha value is -1.45. The quantitative estimate of drug-likeness (QED) is 0.686. The van der Waals surface area contributed by atoms with Gasteiger partial charge in [-0.25, -0.2) is 0 Å². The molecule has 84 valence electrons. The molecule has 0 radical (unpaired) electrons. The van der Waals surface area contributed by atoms with Crippen LogP contribution in [0.3, 0.4) is 0 Å². The fourth-order valence-corrected chi connectivity index (χ4v) is 2.41. The second-order valence-corrected chi connectivity index (χ2v) is 4.23. The summed E-state index contributed by atoms with van der Waals surface area (Å²) in [4.78, 5) is 9.09. The van der Waals surface area contributed by atoms with Crippen LogP contribution < -0.4 is 0 Å². The van der Waals surface area contributed by atoms with Gasteiger partial charge in [-0.2, -0.15) is 10.2 Å². The monoisotopic (exact) mass is 219 g/mol. The van der Waals surface area contributed by atoms with E-state index in [2.05, 4.69) is 19.9 Å². The molecule has 3 saturated heterocycles. The van der Waals surface area contributed by atoms with E-state index in [1.807, 2.05) is 6.07 Å². The number of hydrogen-bond acceptors (Lipinski definition) is 6. The average Bonchev–Trinajstić information content (AvgIpc) is 2.80. The molecular weight excluding hydrogens is 206 g/mol. The minimum absolute atomic E-state index is 0.198. The van der Waals surface area contributed by atoms with Crippen LogP contribution in [0.1, 0.15) is 17.8 Å². The van der Waals surface area contributed by atoms with Gasteiger partial charge < -0.3 is 4.52 Å². The lowest BCUT2D eigenvalue weighted by atomic mass is 10.1. The Morgan fingerprint density at radius 3 is 2.81 bits per heavy atom. The van der Waals surface area contributed by atoms with E-state index in [1.165, 1.54) is 0 Å². The molecule has 4 heterocycles. The van der Waals surface area contributed by atoms with Crippen LogP contribution in [0, 0.1) is 11.3 Å². The highest BCUT2D eigenvalue weighted by molar-refractivity contribution is 5.02. The molecular formula is C10H13N5O. The van der Waals surface area contributed by atoms with Crippen LogP contribution in [0.2, 0.25) is 0 Å². The predicted octanol–water partition coefficient (Wildman–Crippen LogP) is -0.192. The smallest absolute Gasteiger partial charge is 0.240 e. The number of hydrogen-bond donors (Lipinski definition) is 0. The SMILES string of the molecule is N#CCc1nc(C2CN3CCN2CC3)no1. The van der Waals surface area contributed by atoms with Crippen molar-refractivity contribution in [3.05, 3.63) is 11.7 Å². The number of piperazine rings is 3. The number of fused-ring (bicyclic) bond motifs is 3. The fraction of sp³-hybridized carbons (Fsp3) is 0.700. The van der Waals surface area contributed by atoms with E-state index < -0.39 is 0 Å². The zero-order chi connectivity index (χ0) is 11.0. The molecule has 0 aliphatic carbocycles. The van der Waals surface area contributed by atoms with Gasteiger partial charge in [-0.1, -0.05) is 5.16 Å². The maximum absolute atomic E-state index is 8.55. The molecule has 6 nitrogen and oxygen atoms in total. The second-order valence-electron chi connectivity index (χ2n) is 4.23. The molecule has 0 spiro atoms. The molecule has 3 aliphatic rings. The summed E-state index contributed by atoms with van der Waals surface area (Å²) in [6.45, 7) is 5.41. The maximum atomic E-state index is 8.55. The third kappa shape index (κ3) is 1.58. The molecule has 0 N–H and O–H groups in total. The molecule has 0 saturated carbocycles. The van der Waals surface area contributed by atoms with Crippen molar-refractivity contribution in [3.8, 4) is 6.07 Å². The van der Waals surface area contributed by atoms with E-state index in [0.29, 0.717) is 5.89 Å². The van der Waals surface area contributed by atoms with Crippen molar-refractivity contribution in [2.45, 2.75) is 12.5 Å². The third-order valence-electron chi connectivity index (χ3n) is 3.29. The molecule has 1 aromatic rings. The number of nitrogens with zero attached hydrogens (tertiary/aromatic N) is 5. The Morgan fingerprint density at radius 1 is 1.38 bits per heavy atom. The van der Waals surface area contributed by atoms with Gasteiger partial charge in [0.1, 0.15) is 6.42 Å². The minimum atomic E-state index is 0.198. The Kier molecular flexibility index (Phi) is 2.35. The lowest BCUT2D eigenvalue weighted by molar-refractivity contribution is 0.00781. The van der Waals surface area contributed by atoms with Crippen molar-refractivity contribution >= 4 is 0 Å². The van der Waals surface area contributed by atoms with Crippen molar-refractivity contribution in [2.75, 3.05) is 32.7 Å². The van der Waals surface area contributed by atoms with E-state index in [4.69, 9.17) is 9.78 Å². The second kappa shape index (κ2) is 3.85. The lowest BCUT2D eigenvalue weighted by Crippen LogP contribution is -2.57. The van der Waals surface area contributed by atoms with Gasteiger partial charge >= 0.3 is 0 Å². The molecule has 3 fully saturated rings. The first-order valence-electron chi connectivity index (χ1n) is 5.52. The Bertz CT molecular complexity index is 415. The maximum Gasteiger partial charge on any atom is 0.240 e. The first-order valence-corrected chi connectivity index (χ1v) is 5.52. The summed E-state index contributed by atoms with van der Waals surface area (Å²) >= 11 is 0. The number of rotatable bonds is 2. The van der Waals surface area contributed by atoms with Gasteiger partial charge in [-0.3, -0.25) is 9.80 Å². The number of aromatic nitrogens is 2. The summed E-state index contributed by atoms with van der Waals surface area (Å²) in [5.74, 6) is 1.16. The molecule has 16 heavy (non-hydrogen) atoms. The average molecular weight is 219 g/mol. The van der Waals surface area contributed by atoms with Crippen LogP contribution in [0.5, 0.6) is 0 Å². The summed E-state index contributed by atoms with van der Waals surface area (Å²) in [5.41, 5.74) is 0. The van der Waals surface area contributed by atoms with Gasteiger partial charge in [0.25, 0.3) is 0 Å². The van der Waals surface area contributed by atoms with E-state index in [9.17, 15) is 0 Å². The van der Waals surface area contributed by atoms with Gasteiger partial charge in [0.05, 0.1) is 12.1 Å². The van der Waals surface area contributed by atoms with Crippen LogP contribution in [0.15, 0.2) is 4.52 Å². The van der Waals surface area contributed by atoms with Crippen molar-refractivity contribution in [3.63, 3.8) is 0 Å². The minimum Gasteiger partial charge on any atom is -0.338 e. The molecule has 4 rings (SSSR count). The summed E-state index contributed by atoms with van der Waals surface area (Å²) in [7, 11) is 0. The van der Waals surface area contributed by atoms with Crippen LogP contribution in [0.4, 0.5) is 0 Å². The predicted molar refractivity (Wildman–Crippen MR) is 54.4 cm³/mol. The first-order chi connectivity index (χ1) is 7.86. The molecule has 6 heteroatoms. The normalized spacial score (nSPS) is 32.6. The van der Waals surface area contributed by atoms with Crippen molar-refractivity contribution in [2.24, 2.45) is 0 Å². The highest BCUT2D eigenvalue weighted by Crippen LogP contribution is 2.26. The zero-order valence-electron chi connectivity index (χ0n) is 8.96. The van der Waals surface area contributed by atoms with Gasteiger partial charge in [-0.15, -0.1) is 0 Å². The summed E-state index contributed by atoms with van der Waals surface area (Å²) in [6, 6.07) is 2.26. The topological polar surface area (TPSA) is 69.2 Å². The largest absolute Gasteiger partial charge is 0.338 e. The molecule has 1 unspecified atom stereocenters. The van der Waals surface area contributed by atoms with Gasteiger partial charge in [-0.05, 0) is 0 Å². The van der Waals surface area contributed by atoms with Crippen LogP contribution in [-0.4, -0.2) is 52.7 Å². The first kappa shape index (κ1) is 9.75. The molecule has 0 amide bonds. The number of nitriles is 1. The lowest BCUT2D eigenvalue weighted by Gasteiger charge is -2.46. The third-order valence-corrected chi connectivity index (χ3v) is 3.29. The van der Waals surface area contributed by atoms with Crippen LogP contribution in [0.25, 0.3) is 0 Å². The van der Waals surface area contributed by atoms with Crippen LogP contribution >= 0.6 is 0 Å². The Balaban J connectivity index is 1.79. The van der Waals surface area contributed by atoms with Crippen molar-refractivity contribution < 1.29 is 4.52 Å². The van der Waals surface area contributed by atoms with E-state index in [0.717, 1.165) is 38.5 Å². The van der Waals surface area contributed by atoms with E-state index in [1.54, 1.807) is 0 Å². The molecule has 3 aliphatic heterocycles.